The van der Waals surface area contributed by atoms with Crippen molar-refractivity contribution in [1.82, 2.24) is 0 Å². The minimum Gasteiger partial charge on any atom is -0.341 e. The number of para-hydroxylation sites is 1. The second-order valence-electron chi connectivity index (χ2n) is 8.29. The molecular weight excluding hydrogens is 314 g/mol. The molecule has 0 aromatic heterocycles. The summed E-state index contributed by atoms with van der Waals surface area (Å²) in [5, 5.41) is 0. The van der Waals surface area contributed by atoms with Crippen LogP contribution < -0.4 is 4.90 Å². The average molecular weight is 339 g/mol. The lowest BCUT2D eigenvalue weighted by Crippen LogP contribution is -2.25. The maximum absolute atomic E-state index is 2.50. The molecule has 2 aliphatic rings. The number of hydrogen-bond acceptors (Lipinski definition) is 1. The molecule has 3 aromatic rings. The highest BCUT2D eigenvalue weighted by Crippen LogP contribution is 2.50. The average Bonchev–Trinajstić information content (AvgIpc) is 2.88. The van der Waals surface area contributed by atoms with Crippen LogP contribution >= 0.6 is 0 Å². The third-order valence-electron chi connectivity index (χ3n) is 6.24. The molecule has 130 valence electrons. The van der Waals surface area contributed by atoms with E-state index in [9.17, 15) is 0 Å². The number of nitrogens with zero attached hydrogens (tertiary/aromatic N) is 1. The number of aryl methyl sites for hydroxylation is 2. The molecule has 0 amide bonds. The topological polar surface area (TPSA) is 3.24 Å². The lowest BCUT2D eigenvalue weighted by atomic mass is 9.82. The quantitative estimate of drug-likeness (QED) is 0.497. The Morgan fingerprint density at radius 2 is 1.58 bits per heavy atom. The first-order chi connectivity index (χ1) is 12.6. The minimum absolute atomic E-state index is 0.0575. The number of fused-ring (bicyclic) bond motifs is 4. The molecule has 0 fully saturated rings. The van der Waals surface area contributed by atoms with Gasteiger partial charge in [0.1, 0.15) is 0 Å². The van der Waals surface area contributed by atoms with Gasteiger partial charge in [-0.25, -0.2) is 0 Å². The van der Waals surface area contributed by atoms with E-state index in [2.05, 4.69) is 86.3 Å². The summed E-state index contributed by atoms with van der Waals surface area (Å²) in [7, 11) is 0. The summed E-state index contributed by atoms with van der Waals surface area (Å²) in [4.78, 5) is 2.50. The summed E-state index contributed by atoms with van der Waals surface area (Å²) < 4.78 is 0. The second-order valence-corrected chi connectivity index (χ2v) is 8.29. The van der Waals surface area contributed by atoms with E-state index >= 15 is 0 Å². The minimum atomic E-state index is 0.0575. The van der Waals surface area contributed by atoms with Gasteiger partial charge in [-0.2, -0.15) is 0 Å². The van der Waals surface area contributed by atoms with E-state index in [1.807, 2.05) is 0 Å². The Morgan fingerprint density at radius 1 is 0.846 bits per heavy atom. The fourth-order valence-electron chi connectivity index (χ4n) is 4.81. The van der Waals surface area contributed by atoms with Crippen molar-refractivity contribution in [2.75, 3.05) is 11.4 Å². The molecule has 0 bridgehead atoms. The molecule has 5 rings (SSSR count). The zero-order valence-electron chi connectivity index (χ0n) is 15.8. The van der Waals surface area contributed by atoms with Crippen molar-refractivity contribution in [3.05, 3.63) is 82.9 Å². The molecule has 0 N–H and O–H groups in total. The molecule has 0 saturated carbocycles. The highest BCUT2D eigenvalue weighted by Gasteiger charge is 2.36. The highest BCUT2D eigenvalue weighted by molar-refractivity contribution is 5.83. The molecule has 1 heterocycles. The molecule has 1 aliphatic carbocycles. The van der Waals surface area contributed by atoms with Crippen molar-refractivity contribution in [2.24, 2.45) is 0 Å². The fraction of sp³-hybridized carbons (Fsp3) is 0.280. The molecule has 1 nitrogen and oxygen atoms in total. The summed E-state index contributed by atoms with van der Waals surface area (Å²) >= 11 is 0. The van der Waals surface area contributed by atoms with E-state index in [1.165, 1.54) is 57.6 Å². The standard InChI is InChI=1S/C25H25N/c1-17-10-12-20-21-13-11-19(16-23(21)25(2,3)22(20)15-17)26-14-6-8-18-7-4-5-9-24(18)26/h4-5,7,9-13,15-16H,6,8,14H2,1-3H3. The van der Waals surface area contributed by atoms with E-state index in [4.69, 9.17) is 0 Å². The van der Waals surface area contributed by atoms with E-state index < -0.39 is 0 Å². The third-order valence-corrected chi connectivity index (χ3v) is 6.24. The van der Waals surface area contributed by atoms with Gasteiger partial charge in [-0.3, -0.25) is 0 Å². The first-order valence-corrected chi connectivity index (χ1v) is 9.67. The maximum Gasteiger partial charge on any atom is 0.0443 e. The van der Waals surface area contributed by atoms with Crippen LogP contribution in [0.15, 0.2) is 60.7 Å². The van der Waals surface area contributed by atoms with Gasteiger partial charge in [-0.1, -0.05) is 61.9 Å². The Hall–Kier alpha value is -2.54. The van der Waals surface area contributed by atoms with Gasteiger partial charge in [0.2, 0.25) is 0 Å². The molecule has 0 saturated heterocycles. The van der Waals surface area contributed by atoms with Gasteiger partial charge in [0.15, 0.2) is 0 Å². The maximum atomic E-state index is 2.50. The van der Waals surface area contributed by atoms with E-state index in [0.29, 0.717) is 0 Å². The van der Waals surface area contributed by atoms with Gasteiger partial charge < -0.3 is 4.90 Å². The van der Waals surface area contributed by atoms with Crippen molar-refractivity contribution < 1.29 is 0 Å². The smallest absolute Gasteiger partial charge is 0.0443 e. The van der Waals surface area contributed by atoms with Crippen LogP contribution in [0.1, 0.15) is 42.5 Å². The van der Waals surface area contributed by atoms with Crippen LogP contribution in [0.5, 0.6) is 0 Å². The largest absolute Gasteiger partial charge is 0.341 e. The van der Waals surface area contributed by atoms with Gasteiger partial charge in [-0.15, -0.1) is 0 Å². The van der Waals surface area contributed by atoms with E-state index in [0.717, 1.165) is 6.54 Å². The van der Waals surface area contributed by atoms with Crippen LogP contribution in [0.25, 0.3) is 11.1 Å². The van der Waals surface area contributed by atoms with Gasteiger partial charge in [0, 0.05) is 23.3 Å². The van der Waals surface area contributed by atoms with Crippen molar-refractivity contribution >= 4 is 11.4 Å². The van der Waals surface area contributed by atoms with Crippen LogP contribution in [0, 0.1) is 6.92 Å². The summed E-state index contributed by atoms with van der Waals surface area (Å²) in [5.41, 5.74) is 11.3. The summed E-state index contributed by atoms with van der Waals surface area (Å²) in [6.07, 6.45) is 2.41. The van der Waals surface area contributed by atoms with Crippen LogP contribution in [0.3, 0.4) is 0 Å². The van der Waals surface area contributed by atoms with Gasteiger partial charge in [0.05, 0.1) is 0 Å². The highest BCUT2D eigenvalue weighted by atomic mass is 15.1. The van der Waals surface area contributed by atoms with Crippen LogP contribution in [0.4, 0.5) is 11.4 Å². The molecule has 0 radical (unpaired) electrons. The molecule has 26 heavy (non-hydrogen) atoms. The van der Waals surface area contributed by atoms with Crippen LogP contribution in [-0.4, -0.2) is 6.54 Å². The van der Waals surface area contributed by atoms with E-state index in [-0.39, 0.29) is 5.41 Å². The molecule has 1 aliphatic heterocycles. The fourth-order valence-corrected chi connectivity index (χ4v) is 4.81. The number of anilines is 2. The summed E-state index contributed by atoms with van der Waals surface area (Å²) in [6.45, 7) is 8.02. The number of hydrogen-bond donors (Lipinski definition) is 0. The second kappa shape index (κ2) is 5.48. The summed E-state index contributed by atoms with van der Waals surface area (Å²) in [5.74, 6) is 0. The first kappa shape index (κ1) is 15.7. The van der Waals surface area contributed by atoms with Crippen molar-refractivity contribution in [3.63, 3.8) is 0 Å². The zero-order chi connectivity index (χ0) is 17.9. The molecule has 0 spiro atoms. The SMILES string of the molecule is Cc1ccc2c(c1)C(C)(C)c1cc(N3CCCc4ccccc43)ccc1-2. The Morgan fingerprint density at radius 3 is 2.42 bits per heavy atom. The van der Waals surface area contributed by atoms with Crippen molar-refractivity contribution in [3.8, 4) is 11.1 Å². The Kier molecular flexibility index (Phi) is 3.31. The lowest BCUT2D eigenvalue weighted by molar-refractivity contribution is 0.659. The molecule has 0 atom stereocenters. The predicted octanol–water partition coefficient (Wildman–Crippen LogP) is 6.39. The number of benzene rings is 3. The Labute approximate surface area is 156 Å². The van der Waals surface area contributed by atoms with Gasteiger partial charge >= 0.3 is 0 Å². The number of rotatable bonds is 1. The lowest BCUT2D eigenvalue weighted by Gasteiger charge is -2.32. The Balaban J connectivity index is 1.65. The summed E-state index contributed by atoms with van der Waals surface area (Å²) in [6, 6.07) is 22.9. The molecule has 3 aromatic carbocycles. The molecule has 1 heteroatoms. The van der Waals surface area contributed by atoms with E-state index in [1.54, 1.807) is 0 Å². The van der Waals surface area contributed by atoms with Crippen molar-refractivity contribution in [1.29, 1.82) is 0 Å². The predicted molar refractivity (Wildman–Crippen MR) is 111 cm³/mol. The molecule has 0 unspecified atom stereocenters. The monoisotopic (exact) mass is 339 g/mol. The third kappa shape index (κ3) is 2.16. The molecular formula is C25H25N. The zero-order valence-corrected chi connectivity index (χ0v) is 15.8. The Bertz CT molecular complexity index is 1010. The van der Waals surface area contributed by atoms with Crippen LogP contribution in [0.2, 0.25) is 0 Å². The first-order valence-electron chi connectivity index (χ1n) is 9.67. The van der Waals surface area contributed by atoms with Gasteiger partial charge in [-0.05, 0) is 65.8 Å². The normalized spacial score (nSPS) is 16.8. The van der Waals surface area contributed by atoms with Gasteiger partial charge in [0.25, 0.3) is 0 Å². The van der Waals surface area contributed by atoms with Crippen LogP contribution in [-0.2, 0) is 11.8 Å². The van der Waals surface area contributed by atoms with Crippen molar-refractivity contribution in [2.45, 2.75) is 39.0 Å².